The molecule has 8 heteroatoms. The van der Waals surface area contributed by atoms with Gasteiger partial charge < -0.3 is 9.88 Å². The maximum atomic E-state index is 11.4. The van der Waals surface area contributed by atoms with Crippen LogP contribution in [-0.4, -0.2) is 52.9 Å². The molecular formula is C9H11N5O2S. The van der Waals surface area contributed by atoms with Gasteiger partial charge in [0.1, 0.15) is 11.8 Å². The summed E-state index contributed by atoms with van der Waals surface area (Å²) in [5.74, 6) is 1.07. The van der Waals surface area contributed by atoms with Gasteiger partial charge in [-0.3, -0.25) is 0 Å². The lowest BCUT2D eigenvalue weighted by Crippen LogP contribution is -2.40. The van der Waals surface area contributed by atoms with E-state index in [0.29, 0.717) is 18.7 Å². The molecule has 1 N–H and O–H groups in total. The Kier molecular flexibility index (Phi) is 2.25. The first-order valence-corrected chi connectivity index (χ1v) is 7.07. The number of sulfone groups is 1. The summed E-state index contributed by atoms with van der Waals surface area (Å²) in [6, 6.07) is 0. The van der Waals surface area contributed by atoms with Gasteiger partial charge >= 0.3 is 0 Å². The monoisotopic (exact) mass is 253 g/mol. The standard InChI is InChI=1S/C9H11N5O2S/c15-17(16)3-1-14(2-4-17)9-7-8(11-5-10-7)12-6-13-9/h5-6H,1-4H2,(H,10,11,12,13). The summed E-state index contributed by atoms with van der Waals surface area (Å²) in [5.41, 5.74) is 1.36. The Balaban J connectivity index is 1.97. The first-order chi connectivity index (χ1) is 8.16. The first kappa shape index (κ1) is 10.5. The van der Waals surface area contributed by atoms with Gasteiger partial charge in [0.05, 0.1) is 17.8 Å². The van der Waals surface area contributed by atoms with E-state index in [1.54, 1.807) is 6.33 Å². The largest absolute Gasteiger partial charge is 0.353 e. The van der Waals surface area contributed by atoms with Crippen LogP contribution in [0.5, 0.6) is 0 Å². The highest BCUT2D eigenvalue weighted by Gasteiger charge is 2.24. The van der Waals surface area contributed by atoms with Crippen LogP contribution in [0.1, 0.15) is 0 Å². The zero-order valence-electron chi connectivity index (χ0n) is 9.00. The topological polar surface area (TPSA) is 91.8 Å². The highest BCUT2D eigenvalue weighted by Crippen LogP contribution is 2.21. The Morgan fingerprint density at radius 2 is 1.94 bits per heavy atom. The third-order valence-electron chi connectivity index (χ3n) is 2.85. The van der Waals surface area contributed by atoms with E-state index in [-0.39, 0.29) is 11.5 Å². The smallest absolute Gasteiger partial charge is 0.182 e. The average Bonchev–Trinajstić information content (AvgIpc) is 2.77. The minimum absolute atomic E-state index is 0.173. The van der Waals surface area contributed by atoms with Crippen LogP contribution in [0.25, 0.3) is 11.2 Å². The number of anilines is 1. The lowest BCUT2D eigenvalue weighted by molar-refractivity contribution is 0.586. The minimum atomic E-state index is -2.87. The van der Waals surface area contributed by atoms with E-state index >= 15 is 0 Å². The summed E-state index contributed by atoms with van der Waals surface area (Å²) in [6.07, 6.45) is 3.01. The molecule has 1 saturated heterocycles. The zero-order chi connectivity index (χ0) is 11.9. The first-order valence-electron chi connectivity index (χ1n) is 5.25. The van der Waals surface area contributed by atoms with Crippen molar-refractivity contribution in [3.8, 4) is 0 Å². The van der Waals surface area contributed by atoms with E-state index in [1.807, 2.05) is 4.90 Å². The normalized spacial score (nSPS) is 19.6. The Labute approximate surface area is 97.8 Å². The summed E-state index contributed by atoms with van der Waals surface area (Å²) < 4.78 is 22.7. The van der Waals surface area contributed by atoms with E-state index in [1.165, 1.54) is 6.33 Å². The molecule has 2 aromatic rings. The summed E-state index contributed by atoms with van der Waals surface area (Å²) in [6.45, 7) is 0.931. The number of aromatic nitrogens is 4. The summed E-state index contributed by atoms with van der Waals surface area (Å²) in [4.78, 5) is 17.2. The Bertz CT molecular complexity index is 636. The molecule has 0 saturated carbocycles. The molecule has 0 aromatic carbocycles. The van der Waals surface area contributed by atoms with Crippen molar-refractivity contribution in [2.75, 3.05) is 29.5 Å². The van der Waals surface area contributed by atoms with Crippen molar-refractivity contribution in [3.63, 3.8) is 0 Å². The number of imidazole rings is 1. The Morgan fingerprint density at radius 3 is 2.71 bits per heavy atom. The highest BCUT2D eigenvalue weighted by molar-refractivity contribution is 7.91. The summed E-state index contributed by atoms with van der Waals surface area (Å²) >= 11 is 0. The van der Waals surface area contributed by atoms with Gasteiger partial charge in [0.25, 0.3) is 0 Å². The fraction of sp³-hybridized carbons (Fsp3) is 0.444. The number of fused-ring (bicyclic) bond motifs is 1. The molecule has 0 radical (unpaired) electrons. The van der Waals surface area contributed by atoms with Crippen LogP contribution in [0.4, 0.5) is 5.82 Å². The predicted molar refractivity (Wildman–Crippen MR) is 62.6 cm³/mol. The molecular weight excluding hydrogens is 242 g/mol. The molecule has 1 fully saturated rings. The van der Waals surface area contributed by atoms with Crippen LogP contribution in [0.2, 0.25) is 0 Å². The van der Waals surface area contributed by atoms with E-state index in [9.17, 15) is 8.42 Å². The van der Waals surface area contributed by atoms with Gasteiger partial charge in [-0.25, -0.2) is 23.4 Å². The number of nitrogens with one attached hydrogen (secondary N) is 1. The maximum absolute atomic E-state index is 11.4. The van der Waals surface area contributed by atoms with Crippen molar-refractivity contribution in [1.82, 2.24) is 19.9 Å². The molecule has 0 amide bonds. The van der Waals surface area contributed by atoms with Crippen LogP contribution in [-0.2, 0) is 9.84 Å². The Hall–Kier alpha value is -1.70. The molecule has 0 spiro atoms. The molecule has 0 unspecified atom stereocenters. The maximum Gasteiger partial charge on any atom is 0.182 e. The minimum Gasteiger partial charge on any atom is -0.353 e. The van der Waals surface area contributed by atoms with E-state index < -0.39 is 9.84 Å². The molecule has 2 aromatic heterocycles. The van der Waals surface area contributed by atoms with Crippen LogP contribution >= 0.6 is 0 Å². The molecule has 3 rings (SSSR count). The Morgan fingerprint density at radius 1 is 1.18 bits per heavy atom. The molecule has 1 aliphatic heterocycles. The molecule has 0 aliphatic carbocycles. The average molecular weight is 253 g/mol. The number of aromatic amines is 1. The number of hydrogen-bond acceptors (Lipinski definition) is 6. The predicted octanol–water partition coefficient (Wildman–Crippen LogP) is -0.412. The van der Waals surface area contributed by atoms with Gasteiger partial charge in [0.15, 0.2) is 21.3 Å². The van der Waals surface area contributed by atoms with Crippen LogP contribution in [0, 0.1) is 0 Å². The molecule has 17 heavy (non-hydrogen) atoms. The van der Waals surface area contributed by atoms with Crippen molar-refractivity contribution >= 4 is 26.8 Å². The fourth-order valence-electron chi connectivity index (χ4n) is 1.92. The van der Waals surface area contributed by atoms with Gasteiger partial charge in [-0.1, -0.05) is 0 Å². The summed E-state index contributed by atoms with van der Waals surface area (Å²) in [5, 5.41) is 0. The van der Waals surface area contributed by atoms with Crippen molar-refractivity contribution in [2.45, 2.75) is 0 Å². The van der Waals surface area contributed by atoms with E-state index in [2.05, 4.69) is 19.9 Å². The van der Waals surface area contributed by atoms with E-state index in [4.69, 9.17) is 0 Å². The second-order valence-electron chi connectivity index (χ2n) is 3.94. The van der Waals surface area contributed by atoms with Gasteiger partial charge in [0.2, 0.25) is 0 Å². The molecule has 3 heterocycles. The molecule has 0 bridgehead atoms. The van der Waals surface area contributed by atoms with E-state index in [0.717, 1.165) is 11.3 Å². The SMILES string of the molecule is O=S1(=O)CCN(c2ncnc3nc[nH]c23)CC1. The second kappa shape index (κ2) is 3.66. The second-order valence-corrected chi connectivity index (χ2v) is 6.24. The number of rotatable bonds is 1. The van der Waals surface area contributed by atoms with Crippen molar-refractivity contribution < 1.29 is 8.42 Å². The number of nitrogens with zero attached hydrogens (tertiary/aromatic N) is 4. The van der Waals surface area contributed by atoms with Gasteiger partial charge in [-0.2, -0.15) is 0 Å². The van der Waals surface area contributed by atoms with Crippen molar-refractivity contribution in [2.24, 2.45) is 0 Å². The quantitative estimate of drug-likeness (QED) is 0.742. The van der Waals surface area contributed by atoms with Gasteiger partial charge in [-0.05, 0) is 0 Å². The van der Waals surface area contributed by atoms with Gasteiger partial charge in [-0.15, -0.1) is 0 Å². The highest BCUT2D eigenvalue weighted by atomic mass is 32.2. The van der Waals surface area contributed by atoms with Crippen molar-refractivity contribution in [1.29, 1.82) is 0 Å². The molecule has 0 atom stereocenters. The zero-order valence-corrected chi connectivity index (χ0v) is 9.81. The molecule has 90 valence electrons. The number of hydrogen-bond donors (Lipinski definition) is 1. The lowest BCUT2D eigenvalue weighted by Gasteiger charge is -2.27. The van der Waals surface area contributed by atoms with Crippen LogP contribution in [0.15, 0.2) is 12.7 Å². The summed E-state index contributed by atoms with van der Waals surface area (Å²) in [7, 11) is -2.87. The third kappa shape index (κ3) is 1.84. The van der Waals surface area contributed by atoms with Crippen LogP contribution < -0.4 is 4.90 Å². The van der Waals surface area contributed by atoms with Crippen molar-refractivity contribution in [3.05, 3.63) is 12.7 Å². The van der Waals surface area contributed by atoms with Crippen LogP contribution in [0.3, 0.4) is 0 Å². The molecule has 1 aliphatic rings. The molecule has 7 nitrogen and oxygen atoms in total. The number of H-pyrrole nitrogens is 1. The van der Waals surface area contributed by atoms with Gasteiger partial charge in [0, 0.05) is 13.1 Å². The third-order valence-corrected chi connectivity index (χ3v) is 4.46. The lowest BCUT2D eigenvalue weighted by atomic mass is 10.4. The fourth-order valence-corrected chi connectivity index (χ4v) is 3.12.